The molecule has 0 saturated carbocycles. The molecule has 0 spiro atoms. The standard InChI is InChI=1S/C15H27NOS/c1-5-6-7-17-11-14-8-15(18-13(14)4)10-16-9-12(2)3/h8,12,16H,5-7,9-11H2,1-4H3. The lowest BCUT2D eigenvalue weighted by Gasteiger charge is -2.05. The second-order valence-electron chi connectivity index (χ2n) is 5.23. The second-order valence-corrected chi connectivity index (χ2v) is 6.57. The van der Waals surface area contributed by atoms with Crippen molar-refractivity contribution in [3.05, 3.63) is 21.4 Å². The number of ether oxygens (including phenoxy) is 1. The summed E-state index contributed by atoms with van der Waals surface area (Å²) < 4.78 is 5.68. The van der Waals surface area contributed by atoms with Gasteiger partial charge in [-0.15, -0.1) is 11.3 Å². The van der Waals surface area contributed by atoms with Gasteiger partial charge in [-0.3, -0.25) is 0 Å². The van der Waals surface area contributed by atoms with Crippen LogP contribution in [0.3, 0.4) is 0 Å². The van der Waals surface area contributed by atoms with Crippen molar-refractivity contribution >= 4 is 11.3 Å². The summed E-state index contributed by atoms with van der Waals surface area (Å²) in [4.78, 5) is 2.81. The molecule has 0 bridgehead atoms. The number of rotatable bonds is 9. The molecule has 0 aliphatic rings. The first-order valence-electron chi connectivity index (χ1n) is 7.00. The summed E-state index contributed by atoms with van der Waals surface area (Å²) in [5, 5.41) is 3.49. The Bertz CT molecular complexity index is 333. The van der Waals surface area contributed by atoms with E-state index >= 15 is 0 Å². The molecule has 0 radical (unpaired) electrons. The fourth-order valence-corrected chi connectivity index (χ4v) is 2.75. The van der Waals surface area contributed by atoms with Crippen LogP contribution in [0.25, 0.3) is 0 Å². The maximum atomic E-state index is 5.68. The molecule has 0 aliphatic heterocycles. The number of thiophene rings is 1. The molecule has 1 N–H and O–H groups in total. The Morgan fingerprint density at radius 3 is 2.83 bits per heavy atom. The molecule has 0 aliphatic carbocycles. The Morgan fingerprint density at radius 1 is 1.39 bits per heavy atom. The highest BCUT2D eigenvalue weighted by atomic mass is 32.1. The molecule has 1 aromatic rings. The Labute approximate surface area is 116 Å². The number of hydrogen-bond donors (Lipinski definition) is 1. The van der Waals surface area contributed by atoms with Gasteiger partial charge in [-0.1, -0.05) is 27.2 Å². The number of nitrogens with one attached hydrogen (secondary N) is 1. The normalized spacial score (nSPS) is 11.4. The number of hydrogen-bond acceptors (Lipinski definition) is 3. The summed E-state index contributed by atoms with van der Waals surface area (Å²) in [7, 11) is 0. The van der Waals surface area contributed by atoms with E-state index in [0.29, 0.717) is 5.92 Å². The molecule has 3 heteroatoms. The molecule has 0 saturated heterocycles. The van der Waals surface area contributed by atoms with E-state index in [1.54, 1.807) is 0 Å². The SMILES string of the molecule is CCCCOCc1cc(CNCC(C)C)sc1C. The predicted molar refractivity (Wildman–Crippen MR) is 80.2 cm³/mol. The minimum Gasteiger partial charge on any atom is -0.377 e. The minimum absolute atomic E-state index is 0.711. The molecule has 18 heavy (non-hydrogen) atoms. The van der Waals surface area contributed by atoms with Crippen LogP contribution < -0.4 is 5.32 Å². The molecule has 0 amide bonds. The molecule has 1 aromatic heterocycles. The third-order valence-electron chi connectivity index (χ3n) is 2.82. The van der Waals surface area contributed by atoms with Gasteiger partial charge in [-0.25, -0.2) is 0 Å². The lowest BCUT2D eigenvalue weighted by Crippen LogP contribution is -2.18. The summed E-state index contributed by atoms with van der Waals surface area (Å²) in [6, 6.07) is 2.29. The predicted octanol–water partition coefficient (Wildman–Crippen LogP) is 4.12. The van der Waals surface area contributed by atoms with E-state index in [-0.39, 0.29) is 0 Å². The molecular weight excluding hydrogens is 242 g/mol. The summed E-state index contributed by atoms with van der Waals surface area (Å²) in [5.41, 5.74) is 1.36. The van der Waals surface area contributed by atoms with Crippen molar-refractivity contribution in [3.63, 3.8) is 0 Å². The zero-order chi connectivity index (χ0) is 13.4. The van der Waals surface area contributed by atoms with Gasteiger partial charge < -0.3 is 10.1 Å². The summed E-state index contributed by atoms with van der Waals surface area (Å²) in [5.74, 6) is 0.711. The summed E-state index contributed by atoms with van der Waals surface area (Å²) in [6.45, 7) is 12.6. The Kier molecular flexibility index (Phi) is 7.56. The quantitative estimate of drug-likeness (QED) is 0.681. The highest BCUT2D eigenvalue weighted by Crippen LogP contribution is 2.22. The third-order valence-corrected chi connectivity index (χ3v) is 3.92. The van der Waals surface area contributed by atoms with E-state index in [1.165, 1.54) is 21.7 Å². The van der Waals surface area contributed by atoms with E-state index in [0.717, 1.165) is 32.7 Å². The number of aryl methyl sites for hydroxylation is 1. The zero-order valence-corrected chi connectivity index (χ0v) is 13.0. The van der Waals surface area contributed by atoms with Crippen LogP contribution in [0.5, 0.6) is 0 Å². The average Bonchev–Trinajstić information content (AvgIpc) is 2.65. The fraction of sp³-hybridized carbons (Fsp3) is 0.733. The van der Waals surface area contributed by atoms with Crippen LogP contribution in [0, 0.1) is 12.8 Å². The van der Waals surface area contributed by atoms with Crippen molar-refractivity contribution in [2.24, 2.45) is 5.92 Å². The van der Waals surface area contributed by atoms with Crippen molar-refractivity contribution in [2.75, 3.05) is 13.2 Å². The molecule has 104 valence electrons. The van der Waals surface area contributed by atoms with Gasteiger partial charge in [-0.2, -0.15) is 0 Å². The summed E-state index contributed by atoms with van der Waals surface area (Å²) >= 11 is 1.89. The van der Waals surface area contributed by atoms with Gasteiger partial charge in [0.15, 0.2) is 0 Å². The minimum atomic E-state index is 0.711. The molecule has 2 nitrogen and oxygen atoms in total. The molecule has 1 rings (SSSR count). The van der Waals surface area contributed by atoms with Crippen molar-refractivity contribution in [3.8, 4) is 0 Å². The third kappa shape index (κ3) is 5.98. The van der Waals surface area contributed by atoms with E-state index in [4.69, 9.17) is 4.74 Å². The van der Waals surface area contributed by atoms with Crippen LogP contribution in [0.15, 0.2) is 6.07 Å². The molecule has 1 heterocycles. The van der Waals surface area contributed by atoms with Gasteiger partial charge in [0.25, 0.3) is 0 Å². The maximum absolute atomic E-state index is 5.68. The molecule has 0 fully saturated rings. The monoisotopic (exact) mass is 269 g/mol. The molecule has 0 atom stereocenters. The second kappa shape index (κ2) is 8.68. The van der Waals surface area contributed by atoms with Gasteiger partial charge in [0.1, 0.15) is 0 Å². The van der Waals surface area contributed by atoms with E-state index < -0.39 is 0 Å². The first-order valence-corrected chi connectivity index (χ1v) is 7.81. The van der Waals surface area contributed by atoms with Crippen LogP contribution >= 0.6 is 11.3 Å². The van der Waals surface area contributed by atoms with Gasteiger partial charge in [0, 0.05) is 22.9 Å². The van der Waals surface area contributed by atoms with Gasteiger partial charge >= 0.3 is 0 Å². The highest BCUT2D eigenvalue weighted by Gasteiger charge is 2.05. The molecule has 0 aromatic carbocycles. The maximum Gasteiger partial charge on any atom is 0.0727 e. The fourth-order valence-electron chi connectivity index (χ4n) is 1.73. The van der Waals surface area contributed by atoms with E-state index in [1.807, 2.05) is 11.3 Å². The van der Waals surface area contributed by atoms with Crippen molar-refractivity contribution < 1.29 is 4.74 Å². The smallest absolute Gasteiger partial charge is 0.0727 e. The van der Waals surface area contributed by atoms with Gasteiger partial charge in [0.2, 0.25) is 0 Å². The first kappa shape index (κ1) is 15.7. The van der Waals surface area contributed by atoms with Crippen molar-refractivity contribution in [2.45, 2.75) is 53.7 Å². The van der Waals surface area contributed by atoms with Crippen LogP contribution in [-0.2, 0) is 17.9 Å². The van der Waals surface area contributed by atoms with Crippen LogP contribution in [0.2, 0.25) is 0 Å². The molecule has 0 unspecified atom stereocenters. The van der Waals surface area contributed by atoms with Crippen molar-refractivity contribution in [1.29, 1.82) is 0 Å². The lowest BCUT2D eigenvalue weighted by atomic mass is 10.2. The Hall–Kier alpha value is -0.380. The lowest BCUT2D eigenvalue weighted by molar-refractivity contribution is 0.118. The highest BCUT2D eigenvalue weighted by molar-refractivity contribution is 7.12. The first-order chi connectivity index (χ1) is 8.63. The summed E-state index contributed by atoms with van der Waals surface area (Å²) in [6.07, 6.45) is 2.36. The van der Waals surface area contributed by atoms with Crippen LogP contribution in [0.1, 0.15) is 48.9 Å². The Morgan fingerprint density at radius 2 is 2.17 bits per heavy atom. The largest absolute Gasteiger partial charge is 0.377 e. The van der Waals surface area contributed by atoms with Gasteiger partial charge in [0.05, 0.1) is 6.61 Å². The topological polar surface area (TPSA) is 21.3 Å². The van der Waals surface area contributed by atoms with E-state index in [9.17, 15) is 0 Å². The number of unbranched alkanes of at least 4 members (excludes halogenated alkanes) is 1. The zero-order valence-electron chi connectivity index (χ0n) is 12.2. The molecular formula is C15H27NOS. The van der Waals surface area contributed by atoms with E-state index in [2.05, 4.69) is 39.1 Å². The van der Waals surface area contributed by atoms with Crippen LogP contribution in [-0.4, -0.2) is 13.2 Å². The average molecular weight is 269 g/mol. The Balaban J connectivity index is 2.33. The van der Waals surface area contributed by atoms with Gasteiger partial charge in [-0.05, 0) is 37.4 Å². The van der Waals surface area contributed by atoms with Crippen LogP contribution in [0.4, 0.5) is 0 Å². The van der Waals surface area contributed by atoms with Crippen molar-refractivity contribution in [1.82, 2.24) is 5.32 Å².